The smallest absolute Gasteiger partial charge is 0.335 e. The maximum Gasteiger partial charge on any atom is 0.335 e. The summed E-state index contributed by atoms with van der Waals surface area (Å²) in [5.74, 6) is -2.55. The highest BCUT2D eigenvalue weighted by molar-refractivity contribution is 6.31. The molecule has 0 unspecified atom stereocenters. The van der Waals surface area contributed by atoms with Crippen molar-refractivity contribution in [1.29, 1.82) is 0 Å². The zero-order chi connectivity index (χ0) is 13.4. The van der Waals surface area contributed by atoms with Gasteiger partial charge in [-0.1, -0.05) is 11.6 Å². The van der Waals surface area contributed by atoms with Gasteiger partial charge >= 0.3 is 5.97 Å². The third-order valence-corrected chi connectivity index (χ3v) is 2.84. The number of hydrogen-bond acceptors (Lipinski definition) is 3. The van der Waals surface area contributed by atoms with E-state index < -0.39 is 17.7 Å². The Kier molecular flexibility index (Phi) is 2.96. The number of carboxylic acids is 1. The lowest BCUT2D eigenvalue weighted by Gasteiger charge is -2.17. The van der Waals surface area contributed by atoms with Crippen LogP contribution in [0.2, 0.25) is 5.02 Å². The highest BCUT2D eigenvalue weighted by atomic mass is 35.5. The Morgan fingerprint density at radius 3 is 2.67 bits per heavy atom. The van der Waals surface area contributed by atoms with Gasteiger partial charge in [-0.25, -0.2) is 9.18 Å². The van der Waals surface area contributed by atoms with Crippen molar-refractivity contribution in [2.75, 3.05) is 4.90 Å². The van der Waals surface area contributed by atoms with E-state index in [1.807, 2.05) is 0 Å². The summed E-state index contributed by atoms with van der Waals surface area (Å²) in [5, 5.41) is 8.69. The molecule has 18 heavy (non-hydrogen) atoms. The van der Waals surface area contributed by atoms with Crippen molar-refractivity contribution in [2.45, 2.75) is 6.42 Å². The first-order valence-corrected chi connectivity index (χ1v) is 5.29. The molecule has 3 N–H and O–H groups in total. The Balaban J connectivity index is 2.47. The summed E-state index contributed by atoms with van der Waals surface area (Å²) >= 11 is 5.60. The number of nitrogens with two attached hydrogens (primary N) is 1. The maximum absolute atomic E-state index is 13.0. The highest BCUT2D eigenvalue weighted by Crippen LogP contribution is 2.30. The molecule has 1 aliphatic rings. The van der Waals surface area contributed by atoms with E-state index in [2.05, 4.69) is 0 Å². The Morgan fingerprint density at radius 2 is 2.17 bits per heavy atom. The van der Waals surface area contributed by atoms with Gasteiger partial charge in [-0.3, -0.25) is 9.69 Å². The van der Waals surface area contributed by atoms with Crippen LogP contribution >= 0.6 is 11.6 Å². The number of nitrogens with zero attached hydrogens (tertiary/aromatic N) is 1. The minimum absolute atomic E-state index is 0.170. The number of hydrogen-bond donors (Lipinski definition) is 2. The molecule has 0 aliphatic carbocycles. The zero-order valence-electron chi connectivity index (χ0n) is 8.98. The van der Waals surface area contributed by atoms with Crippen LogP contribution in [0.3, 0.4) is 0 Å². The van der Waals surface area contributed by atoms with Crippen molar-refractivity contribution in [3.05, 3.63) is 40.4 Å². The van der Waals surface area contributed by atoms with Crippen molar-refractivity contribution >= 4 is 29.2 Å². The first-order valence-electron chi connectivity index (χ1n) is 4.91. The predicted octanol–water partition coefficient (Wildman–Crippen LogP) is 1.47. The van der Waals surface area contributed by atoms with Crippen molar-refractivity contribution in [3.63, 3.8) is 0 Å². The Hall–Kier alpha value is -2.08. The van der Waals surface area contributed by atoms with Gasteiger partial charge in [0, 0.05) is 0 Å². The lowest BCUT2D eigenvalue weighted by atomic mass is 10.2. The lowest BCUT2D eigenvalue weighted by molar-refractivity contribution is -0.133. The van der Waals surface area contributed by atoms with Crippen molar-refractivity contribution in [3.8, 4) is 0 Å². The molecular weight excluding hydrogens is 263 g/mol. The zero-order valence-corrected chi connectivity index (χ0v) is 9.74. The fourth-order valence-electron chi connectivity index (χ4n) is 1.68. The quantitative estimate of drug-likeness (QED) is 0.852. The summed E-state index contributed by atoms with van der Waals surface area (Å²) in [4.78, 5) is 23.6. The molecule has 1 aromatic carbocycles. The molecule has 2 rings (SSSR count). The molecule has 0 atom stereocenters. The molecular formula is C11H8ClFN2O3. The van der Waals surface area contributed by atoms with Crippen LogP contribution in [0.5, 0.6) is 0 Å². The molecule has 1 amide bonds. The number of halogens is 2. The SMILES string of the molecule is NC1=C(C(=O)O)CC(=O)N1c1ccc(F)c(Cl)c1. The van der Waals surface area contributed by atoms with E-state index in [-0.39, 0.29) is 28.5 Å². The molecule has 5 nitrogen and oxygen atoms in total. The average molecular weight is 271 g/mol. The summed E-state index contributed by atoms with van der Waals surface area (Å²) < 4.78 is 13.0. The lowest BCUT2D eigenvalue weighted by Crippen LogP contribution is -2.28. The highest BCUT2D eigenvalue weighted by Gasteiger charge is 2.33. The molecule has 0 fully saturated rings. The summed E-state index contributed by atoms with van der Waals surface area (Å²) in [6.07, 6.45) is -0.295. The number of benzene rings is 1. The Bertz CT molecular complexity index is 586. The molecule has 94 valence electrons. The first-order chi connectivity index (χ1) is 8.41. The molecule has 0 saturated heterocycles. The summed E-state index contributed by atoms with van der Waals surface area (Å²) in [6.45, 7) is 0. The van der Waals surface area contributed by atoms with Gasteiger partial charge in [0.1, 0.15) is 11.6 Å². The number of carboxylic acid groups (broad SMARTS) is 1. The second-order valence-electron chi connectivity index (χ2n) is 3.67. The summed E-state index contributed by atoms with van der Waals surface area (Å²) in [7, 11) is 0. The molecule has 0 aromatic heterocycles. The Labute approximate surface area is 106 Å². The molecule has 1 heterocycles. The number of anilines is 1. The van der Waals surface area contributed by atoms with Crippen LogP contribution in [0, 0.1) is 5.82 Å². The molecule has 0 radical (unpaired) electrons. The van der Waals surface area contributed by atoms with Gasteiger partial charge in [0.05, 0.1) is 22.7 Å². The Morgan fingerprint density at radius 1 is 1.50 bits per heavy atom. The largest absolute Gasteiger partial charge is 0.478 e. The molecule has 1 aromatic rings. The van der Waals surface area contributed by atoms with Crippen LogP contribution in [-0.4, -0.2) is 17.0 Å². The van der Waals surface area contributed by atoms with Crippen LogP contribution in [-0.2, 0) is 9.59 Å². The van der Waals surface area contributed by atoms with Crippen LogP contribution < -0.4 is 10.6 Å². The van der Waals surface area contributed by atoms with Crippen molar-refractivity contribution in [2.24, 2.45) is 5.73 Å². The molecule has 0 bridgehead atoms. The van der Waals surface area contributed by atoms with Gasteiger partial charge < -0.3 is 10.8 Å². The van der Waals surface area contributed by atoms with Gasteiger partial charge in [0.15, 0.2) is 0 Å². The molecule has 7 heteroatoms. The number of carbonyl (C=O) groups is 2. The van der Waals surface area contributed by atoms with Crippen LogP contribution in [0.25, 0.3) is 0 Å². The van der Waals surface area contributed by atoms with E-state index in [0.29, 0.717) is 0 Å². The standard InChI is InChI=1S/C11H8ClFN2O3/c12-7-3-5(1-2-8(7)13)15-9(16)4-6(10(15)14)11(17)18/h1-3H,4,14H2,(H,17,18). The predicted molar refractivity (Wildman–Crippen MR) is 62.4 cm³/mol. The fourth-order valence-corrected chi connectivity index (χ4v) is 1.86. The topological polar surface area (TPSA) is 83.6 Å². The third kappa shape index (κ3) is 1.91. The second kappa shape index (κ2) is 4.30. The number of rotatable bonds is 2. The molecule has 0 saturated carbocycles. The normalized spacial score (nSPS) is 15.4. The second-order valence-corrected chi connectivity index (χ2v) is 4.08. The minimum Gasteiger partial charge on any atom is -0.478 e. The van der Waals surface area contributed by atoms with Crippen molar-refractivity contribution in [1.82, 2.24) is 0 Å². The monoisotopic (exact) mass is 270 g/mol. The minimum atomic E-state index is -1.25. The first kappa shape index (κ1) is 12.4. The fraction of sp³-hybridized carbons (Fsp3) is 0.0909. The van der Waals surface area contributed by atoms with Crippen LogP contribution in [0.15, 0.2) is 29.6 Å². The summed E-state index contributed by atoms with van der Waals surface area (Å²) in [5.41, 5.74) is 5.66. The van der Waals surface area contributed by atoms with E-state index in [1.165, 1.54) is 12.1 Å². The number of aliphatic carboxylic acids is 1. The van der Waals surface area contributed by atoms with E-state index in [9.17, 15) is 14.0 Å². The molecule has 0 spiro atoms. The van der Waals surface area contributed by atoms with Crippen molar-refractivity contribution < 1.29 is 19.1 Å². The van der Waals surface area contributed by atoms with Gasteiger partial charge in [-0.05, 0) is 18.2 Å². The third-order valence-electron chi connectivity index (χ3n) is 2.55. The van der Waals surface area contributed by atoms with Crippen LogP contribution in [0.4, 0.5) is 10.1 Å². The van der Waals surface area contributed by atoms with E-state index in [1.54, 1.807) is 0 Å². The van der Waals surface area contributed by atoms with Crippen LogP contribution in [0.1, 0.15) is 6.42 Å². The average Bonchev–Trinajstić information content (AvgIpc) is 2.59. The van der Waals surface area contributed by atoms with Gasteiger partial charge in [0.2, 0.25) is 5.91 Å². The van der Waals surface area contributed by atoms with E-state index in [4.69, 9.17) is 22.4 Å². The number of amides is 1. The molecule has 1 aliphatic heterocycles. The summed E-state index contributed by atoms with van der Waals surface area (Å²) in [6, 6.07) is 3.60. The van der Waals surface area contributed by atoms with E-state index in [0.717, 1.165) is 11.0 Å². The number of carbonyl (C=O) groups excluding carboxylic acids is 1. The maximum atomic E-state index is 13.0. The van der Waals surface area contributed by atoms with Gasteiger partial charge in [0.25, 0.3) is 0 Å². The van der Waals surface area contributed by atoms with E-state index >= 15 is 0 Å². The van der Waals surface area contributed by atoms with Gasteiger partial charge in [-0.2, -0.15) is 0 Å². The van der Waals surface area contributed by atoms with Gasteiger partial charge in [-0.15, -0.1) is 0 Å².